The first-order valence-electron chi connectivity index (χ1n) is 5.29. The van der Waals surface area contributed by atoms with Crippen molar-refractivity contribution in [2.24, 2.45) is 0 Å². The number of thioether (sulfide) groups is 1. The molecule has 0 amide bonds. The van der Waals surface area contributed by atoms with E-state index >= 15 is 0 Å². The maximum absolute atomic E-state index is 11.6. The molecule has 0 aliphatic rings. The Morgan fingerprint density at radius 2 is 2.17 bits per heavy atom. The number of rotatable bonds is 3. The highest BCUT2D eigenvalue weighted by atomic mass is 32.2. The fourth-order valence-corrected chi connectivity index (χ4v) is 2.30. The van der Waals surface area contributed by atoms with Crippen LogP contribution < -0.4 is 0 Å². The van der Waals surface area contributed by atoms with Crippen molar-refractivity contribution < 1.29 is 4.79 Å². The number of hydrogen-bond donors (Lipinski definition) is 0. The number of nitrogens with zero attached hydrogens (tertiary/aromatic N) is 5. The van der Waals surface area contributed by atoms with Crippen LogP contribution in [0.15, 0.2) is 5.16 Å². The molecule has 0 saturated heterocycles. The molecule has 0 aromatic carbocycles. The van der Waals surface area contributed by atoms with Gasteiger partial charge in [0.2, 0.25) is 5.16 Å². The highest BCUT2D eigenvalue weighted by Crippen LogP contribution is 2.18. The van der Waals surface area contributed by atoms with E-state index in [2.05, 4.69) is 15.1 Å². The van der Waals surface area contributed by atoms with Crippen molar-refractivity contribution in [1.82, 2.24) is 19.6 Å². The van der Waals surface area contributed by atoms with Gasteiger partial charge in [-0.15, -0.1) is 5.10 Å². The molecular weight excluding hydrogens is 250 g/mol. The van der Waals surface area contributed by atoms with Crippen LogP contribution in [-0.4, -0.2) is 31.1 Å². The summed E-state index contributed by atoms with van der Waals surface area (Å²) >= 11 is 1.25. The number of carbonyl (C=O) groups excluding carboxylic acids is 1. The van der Waals surface area contributed by atoms with Crippen LogP contribution in [-0.2, 0) is 0 Å². The third-order valence-electron chi connectivity index (χ3n) is 2.50. The van der Waals surface area contributed by atoms with Gasteiger partial charge in [-0.2, -0.15) is 14.8 Å². The van der Waals surface area contributed by atoms with E-state index in [0.717, 1.165) is 5.69 Å². The SMILES string of the molecule is CC(=O)c1c(C)nc2nc(SCC#N)nn2c1C. The van der Waals surface area contributed by atoms with Crippen molar-refractivity contribution in [1.29, 1.82) is 5.26 Å². The minimum Gasteiger partial charge on any atom is -0.294 e. The third kappa shape index (κ3) is 2.07. The van der Waals surface area contributed by atoms with Gasteiger partial charge in [-0.3, -0.25) is 4.79 Å². The van der Waals surface area contributed by atoms with E-state index < -0.39 is 0 Å². The summed E-state index contributed by atoms with van der Waals surface area (Å²) in [6.45, 7) is 5.09. The Kier molecular flexibility index (Phi) is 3.30. The minimum atomic E-state index is -0.0406. The van der Waals surface area contributed by atoms with Gasteiger partial charge >= 0.3 is 0 Å². The molecule has 0 unspecified atom stereocenters. The molecule has 6 nitrogen and oxygen atoms in total. The van der Waals surface area contributed by atoms with Crippen molar-refractivity contribution in [3.8, 4) is 6.07 Å². The lowest BCUT2D eigenvalue weighted by Gasteiger charge is -2.06. The molecule has 0 radical (unpaired) electrons. The summed E-state index contributed by atoms with van der Waals surface area (Å²) in [6, 6.07) is 2.02. The Morgan fingerprint density at radius 1 is 1.44 bits per heavy atom. The molecule has 0 atom stereocenters. The fourth-order valence-electron chi connectivity index (χ4n) is 1.82. The zero-order valence-corrected chi connectivity index (χ0v) is 11.1. The lowest BCUT2D eigenvalue weighted by molar-refractivity contribution is 0.101. The Bertz CT molecular complexity index is 670. The smallest absolute Gasteiger partial charge is 0.253 e. The van der Waals surface area contributed by atoms with Crippen LogP contribution in [0.4, 0.5) is 0 Å². The van der Waals surface area contributed by atoms with Gasteiger partial charge in [0.1, 0.15) is 0 Å². The molecule has 0 aliphatic carbocycles. The molecule has 2 heterocycles. The van der Waals surface area contributed by atoms with Gasteiger partial charge in [0, 0.05) is 0 Å². The van der Waals surface area contributed by atoms with Gasteiger partial charge < -0.3 is 0 Å². The largest absolute Gasteiger partial charge is 0.294 e. The minimum absolute atomic E-state index is 0.0406. The van der Waals surface area contributed by atoms with Gasteiger partial charge in [-0.05, 0) is 20.8 Å². The normalized spacial score (nSPS) is 10.6. The number of ketones is 1. The lowest BCUT2D eigenvalue weighted by atomic mass is 10.1. The van der Waals surface area contributed by atoms with Gasteiger partial charge in [-0.1, -0.05) is 11.8 Å². The van der Waals surface area contributed by atoms with E-state index in [1.807, 2.05) is 13.0 Å². The first-order valence-corrected chi connectivity index (χ1v) is 6.27. The van der Waals surface area contributed by atoms with Gasteiger partial charge in [-0.25, -0.2) is 4.98 Å². The second kappa shape index (κ2) is 4.74. The summed E-state index contributed by atoms with van der Waals surface area (Å²) in [5.41, 5.74) is 1.95. The molecule has 7 heteroatoms. The quantitative estimate of drug-likeness (QED) is 0.615. The van der Waals surface area contributed by atoms with Crippen LogP contribution >= 0.6 is 11.8 Å². The van der Waals surface area contributed by atoms with Crippen molar-refractivity contribution >= 4 is 23.3 Å². The maximum atomic E-state index is 11.6. The predicted octanol–water partition coefficient (Wildman–Crippen LogP) is 1.56. The fraction of sp³-hybridized carbons (Fsp3) is 0.364. The first-order chi connectivity index (χ1) is 8.54. The Hall–Kier alpha value is -1.94. The summed E-state index contributed by atoms with van der Waals surface area (Å²) in [4.78, 5) is 20.0. The number of aromatic nitrogens is 4. The molecule has 0 saturated carbocycles. The van der Waals surface area contributed by atoms with Gasteiger partial charge in [0.15, 0.2) is 5.78 Å². The molecular formula is C11H11N5OS. The van der Waals surface area contributed by atoms with Crippen molar-refractivity contribution in [2.45, 2.75) is 25.9 Å². The number of hydrogen-bond acceptors (Lipinski definition) is 6. The predicted molar refractivity (Wildman–Crippen MR) is 66.6 cm³/mol. The van der Waals surface area contributed by atoms with Crippen molar-refractivity contribution in [3.05, 3.63) is 17.0 Å². The van der Waals surface area contributed by atoms with E-state index in [1.54, 1.807) is 11.4 Å². The average Bonchev–Trinajstić information content (AvgIpc) is 2.69. The number of carbonyl (C=O) groups is 1. The third-order valence-corrected chi connectivity index (χ3v) is 3.20. The summed E-state index contributed by atoms with van der Waals surface area (Å²) in [5, 5.41) is 13.3. The molecule has 0 spiro atoms. The topological polar surface area (TPSA) is 83.9 Å². The molecule has 0 bridgehead atoms. The number of aryl methyl sites for hydroxylation is 2. The molecule has 2 aromatic rings. The average molecular weight is 261 g/mol. The van der Waals surface area contributed by atoms with E-state index in [1.165, 1.54) is 18.7 Å². The van der Waals surface area contributed by atoms with E-state index in [4.69, 9.17) is 5.26 Å². The van der Waals surface area contributed by atoms with Gasteiger partial charge in [0.25, 0.3) is 5.78 Å². The lowest BCUT2D eigenvalue weighted by Crippen LogP contribution is -2.09. The van der Waals surface area contributed by atoms with Crippen LogP contribution in [0, 0.1) is 25.2 Å². The second-order valence-electron chi connectivity index (χ2n) is 3.77. The maximum Gasteiger partial charge on any atom is 0.253 e. The second-order valence-corrected chi connectivity index (χ2v) is 4.71. The van der Waals surface area contributed by atoms with Crippen LogP contribution in [0.1, 0.15) is 28.7 Å². The van der Waals surface area contributed by atoms with Crippen molar-refractivity contribution in [2.75, 3.05) is 5.75 Å². The molecule has 18 heavy (non-hydrogen) atoms. The standard InChI is InChI=1S/C11H11N5OS/c1-6-9(8(3)17)7(2)16-10(13-6)14-11(15-16)18-5-4-12/h5H2,1-3H3. The van der Waals surface area contributed by atoms with Gasteiger partial charge in [0.05, 0.1) is 28.8 Å². The molecule has 2 aromatic heterocycles. The highest BCUT2D eigenvalue weighted by molar-refractivity contribution is 7.99. The van der Waals surface area contributed by atoms with E-state index in [-0.39, 0.29) is 11.5 Å². The summed E-state index contributed by atoms with van der Waals surface area (Å²) < 4.78 is 1.55. The summed E-state index contributed by atoms with van der Waals surface area (Å²) in [7, 11) is 0. The molecule has 0 fully saturated rings. The van der Waals surface area contributed by atoms with Crippen LogP contribution in [0.5, 0.6) is 0 Å². The number of Topliss-reactive ketones (excluding diaryl/α,β-unsaturated/α-hetero) is 1. The summed E-state index contributed by atoms with van der Waals surface area (Å²) in [5.74, 6) is 0.700. The Balaban J connectivity index is 2.60. The number of fused-ring (bicyclic) bond motifs is 1. The van der Waals surface area contributed by atoms with E-state index in [9.17, 15) is 4.79 Å². The van der Waals surface area contributed by atoms with E-state index in [0.29, 0.717) is 22.2 Å². The number of nitriles is 1. The molecule has 92 valence electrons. The van der Waals surface area contributed by atoms with Crippen LogP contribution in [0.3, 0.4) is 0 Å². The summed E-state index contributed by atoms with van der Waals surface area (Å²) in [6.07, 6.45) is 0. The van der Waals surface area contributed by atoms with Crippen LogP contribution in [0.2, 0.25) is 0 Å². The Morgan fingerprint density at radius 3 is 2.78 bits per heavy atom. The zero-order valence-electron chi connectivity index (χ0n) is 10.3. The molecule has 2 rings (SSSR count). The Labute approximate surface area is 108 Å². The highest BCUT2D eigenvalue weighted by Gasteiger charge is 2.16. The molecule has 0 aliphatic heterocycles. The van der Waals surface area contributed by atoms with Crippen molar-refractivity contribution in [3.63, 3.8) is 0 Å². The van der Waals surface area contributed by atoms with Crippen LogP contribution in [0.25, 0.3) is 5.78 Å². The molecule has 0 N–H and O–H groups in total. The zero-order chi connectivity index (χ0) is 13.3. The first kappa shape index (κ1) is 12.5. The monoisotopic (exact) mass is 261 g/mol.